The maximum absolute atomic E-state index is 11.1. The molecule has 0 spiro atoms. The molecule has 0 saturated heterocycles. The first-order valence-corrected chi connectivity index (χ1v) is 5.53. The molecule has 2 N–H and O–H groups in total. The van der Waals surface area contributed by atoms with Gasteiger partial charge in [-0.05, 0) is 25.2 Å². The van der Waals surface area contributed by atoms with Crippen LogP contribution in [0, 0.1) is 17.8 Å². The van der Waals surface area contributed by atoms with Crippen LogP contribution in [0.5, 0.6) is 0 Å². The molecular weight excluding hydrogens is 242 g/mol. The fraction of sp³-hybridized carbons (Fsp3) is 0.818. The van der Waals surface area contributed by atoms with Gasteiger partial charge in [0.1, 0.15) is 0 Å². The van der Waals surface area contributed by atoms with Crippen LogP contribution in [0.25, 0.3) is 0 Å². The molecule has 3 atom stereocenters. The minimum atomic E-state index is -0.955. The number of carboxylic acids is 2. The summed E-state index contributed by atoms with van der Waals surface area (Å²) in [5, 5.41) is 18.1. The van der Waals surface area contributed by atoms with E-state index >= 15 is 0 Å². The van der Waals surface area contributed by atoms with E-state index in [1.807, 2.05) is 6.92 Å². The molecule has 0 aliphatic heterocycles. The Morgan fingerprint density at radius 2 is 1.76 bits per heavy atom. The van der Waals surface area contributed by atoms with Crippen LogP contribution >= 0.6 is 0 Å². The fourth-order valence-corrected chi connectivity index (χ4v) is 2.63. The Morgan fingerprint density at radius 3 is 2.18 bits per heavy atom. The summed E-state index contributed by atoms with van der Waals surface area (Å²) in [6, 6.07) is 0. The van der Waals surface area contributed by atoms with Crippen LogP contribution in [0.1, 0.15) is 41.9 Å². The van der Waals surface area contributed by atoms with E-state index in [9.17, 15) is 9.59 Å². The monoisotopic (exact) mass is 262 g/mol. The molecule has 1 aliphatic rings. The zero-order valence-corrected chi connectivity index (χ0v) is 15.0. The molecule has 4 nitrogen and oxygen atoms in total. The number of rotatable bonds is 4. The van der Waals surface area contributed by atoms with Crippen molar-refractivity contribution in [3.05, 3.63) is 0 Å². The molecule has 1 aliphatic carbocycles. The first-order chi connectivity index (χ1) is 7.07. The topological polar surface area (TPSA) is 74.6 Å². The van der Waals surface area contributed by atoms with Crippen LogP contribution in [-0.4, -0.2) is 22.2 Å². The van der Waals surface area contributed by atoms with Gasteiger partial charge in [0.15, 0.2) is 0 Å². The summed E-state index contributed by atoms with van der Waals surface area (Å²) in [7, 11) is 0. The second kappa shape index (κ2) is 9.82. The molecule has 1 rings (SSSR count). The Morgan fingerprint density at radius 1 is 1.18 bits per heavy atom. The van der Waals surface area contributed by atoms with E-state index in [0.717, 1.165) is 25.7 Å². The quantitative estimate of drug-likeness (QED) is 0.510. The van der Waals surface area contributed by atoms with Crippen LogP contribution in [0.3, 0.4) is 0 Å². The molecule has 3 unspecified atom stereocenters. The average Bonchev–Trinajstić information content (AvgIpc) is 2.17. The maximum atomic E-state index is 11.1. The zero-order valence-electron chi connectivity index (χ0n) is 13.0. The van der Waals surface area contributed by atoms with Gasteiger partial charge in [-0.25, -0.2) is 0 Å². The molecule has 0 radical (unpaired) electrons. The summed E-state index contributed by atoms with van der Waals surface area (Å²) in [5.41, 5.74) is 0. The van der Waals surface area contributed by atoms with Crippen molar-refractivity contribution in [2.45, 2.75) is 39.0 Å². The SMILES string of the molecule is CCCC1CCCC(C(=O)O)C1C(=O)O.[H-].[H-].[Na+].[Na+]. The van der Waals surface area contributed by atoms with Crippen molar-refractivity contribution in [1.29, 1.82) is 0 Å². The van der Waals surface area contributed by atoms with Gasteiger partial charge < -0.3 is 13.1 Å². The molecule has 17 heavy (non-hydrogen) atoms. The molecule has 0 heterocycles. The van der Waals surface area contributed by atoms with Crippen molar-refractivity contribution in [3.63, 3.8) is 0 Å². The Balaban J connectivity index is -0.000000281. The predicted octanol–water partition coefficient (Wildman–Crippen LogP) is -3.78. The minimum absolute atomic E-state index is 0. The molecule has 1 fully saturated rings. The maximum Gasteiger partial charge on any atom is 1.00 e. The summed E-state index contributed by atoms with van der Waals surface area (Å²) in [6.45, 7) is 2.00. The molecule has 1 saturated carbocycles. The number of hydrogen-bond donors (Lipinski definition) is 2. The molecule has 0 bridgehead atoms. The Labute approximate surface area is 149 Å². The molecule has 90 valence electrons. The number of carbonyl (C=O) groups is 2. The predicted molar refractivity (Wildman–Crippen MR) is 56.7 cm³/mol. The summed E-state index contributed by atoms with van der Waals surface area (Å²) in [6.07, 6.45) is 3.94. The summed E-state index contributed by atoms with van der Waals surface area (Å²) in [4.78, 5) is 22.0. The second-order valence-electron chi connectivity index (χ2n) is 4.29. The Bertz CT molecular complexity index is 265. The Hall–Kier alpha value is 0.940. The number of carboxylic acid groups (broad SMARTS) is 2. The molecule has 0 aromatic carbocycles. The van der Waals surface area contributed by atoms with Gasteiger partial charge in [-0.15, -0.1) is 0 Å². The van der Waals surface area contributed by atoms with E-state index in [0.29, 0.717) is 6.42 Å². The van der Waals surface area contributed by atoms with E-state index in [-0.39, 0.29) is 67.9 Å². The second-order valence-corrected chi connectivity index (χ2v) is 4.29. The van der Waals surface area contributed by atoms with Gasteiger partial charge >= 0.3 is 71.1 Å². The minimum Gasteiger partial charge on any atom is -1.00 e. The van der Waals surface area contributed by atoms with Crippen molar-refractivity contribution in [2.24, 2.45) is 17.8 Å². The molecule has 0 aromatic heterocycles. The number of aliphatic carboxylic acids is 2. The van der Waals surface area contributed by atoms with Crippen molar-refractivity contribution >= 4 is 11.9 Å². The van der Waals surface area contributed by atoms with Gasteiger partial charge in [-0.2, -0.15) is 0 Å². The van der Waals surface area contributed by atoms with Gasteiger partial charge in [-0.3, -0.25) is 9.59 Å². The van der Waals surface area contributed by atoms with Crippen molar-refractivity contribution in [1.82, 2.24) is 0 Å². The molecule has 6 heteroatoms. The van der Waals surface area contributed by atoms with Crippen LogP contribution in [0.2, 0.25) is 0 Å². The normalized spacial score (nSPS) is 27.5. The van der Waals surface area contributed by atoms with Crippen molar-refractivity contribution < 1.29 is 81.8 Å². The van der Waals surface area contributed by atoms with Crippen LogP contribution in [-0.2, 0) is 9.59 Å². The number of hydrogen-bond acceptors (Lipinski definition) is 2. The molecule has 0 amide bonds. The first-order valence-electron chi connectivity index (χ1n) is 5.53. The van der Waals surface area contributed by atoms with E-state index in [4.69, 9.17) is 10.2 Å². The van der Waals surface area contributed by atoms with E-state index < -0.39 is 23.8 Å². The zero-order chi connectivity index (χ0) is 11.4. The van der Waals surface area contributed by atoms with E-state index in [2.05, 4.69) is 0 Å². The largest absolute Gasteiger partial charge is 1.00 e. The molecular formula is C11H20Na2O4. The van der Waals surface area contributed by atoms with Gasteiger partial charge in [0.25, 0.3) is 0 Å². The van der Waals surface area contributed by atoms with Gasteiger partial charge in [0.2, 0.25) is 0 Å². The standard InChI is InChI=1S/C11H18O4.2Na.2H/c1-2-4-7-5-3-6-8(10(12)13)9(7)11(14)15;;;;/h7-9H,2-6H2,1H3,(H,12,13)(H,14,15);;;;/q;2*+1;2*-1. The van der Waals surface area contributed by atoms with Crippen molar-refractivity contribution in [3.8, 4) is 0 Å². The van der Waals surface area contributed by atoms with Crippen molar-refractivity contribution in [2.75, 3.05) is 0 Å². The Kier molecular flexibility index (Phi) is 11.7. The van der Waals surface area contributed by atoms with Gasteiger partial charge in [0.05, 0.1) is 11.8 Å². The third-order valence-corrected chi connectivity index (χ3v) is 3.29. The first kappa shape index (κ1) is 20.3. The van der Waals surface area contributed by atoms with E-state index in [1.54, 1.807) is 0 Å². The summed E-state index contributed by atoms with van der Waals surface area (Å²) >= 11 is 0. The van der Waals surface area contributed by atoms with Crippen LogP contribution in [0.4, 0.5) is 0 Å². The third kappa shape index (κ3) is 5.62. The van der Waals surface area contributed by atoms with Gasteiger partial charge in [-0.1, -0.05) is 19.8 Å². The third-order valence-electron chi connectivity index (χ3n) is 3.29. The summed E-state index contributed by atoms with van der Waals surface area (Å²) < 4.78 is 0. The van der Waals surface area contributed by atoms with Gasteiger partial charge in [0, 0.05) is 0 Å². The summed E-state index contributed by atoms with van der Waals surface area (Å²) in [5.74, 6) is -3.23. The fourth-order valence-electron chi connectivity index (χ4n) is 2.63. The smallest absolute Gasteiger partial charge is 1.00 e. The van der Waals surface area contributed by atoms with Crippen LogP contribution in [0.15, 0.2) is 0 Å². The van der Waals surface area contributed by atoms with Crippen LogP contribution < -0.4 is 59.1 Å². The molecule has 0 aromatic rings. The van der Waals surface area contributed by atoms with E-state index in [1.165, 1.54) is 0 Å². The average molecular weight is 262 g/mol.